The van der Waals surface area contributed by atoms with E-state index in [-0.39, 0.29) is 12.1 Å². The molecule has 1 aliphatic rings. The molecule has 1 fully saturated rings. The maximum absolute atomic E-state index is 9.85. The Balaban J connectivity index is 0.000000302. The highest BCUT2D eigenvalue weighted by Crippen LogP contribution is 2.14. The molecule has 7 nitrogen and oxygen atoms in total. The molecule has 0 heterocycles. The topological polar surface area (TPSA) is 153 Å². The van der Waals surface area contributed by atoms with Crippen molar-refractivity contribution >= 4 is 11.9 Å². The molecule has 8 N–H and O–H groups in total. The molecule has 3 atom stereocenters. The molecule has 7 heteroatoms. The molecular weight excluding hydrogens is 226 g/mol. The van der Waals surface area contributed by atoms with Crippen LogP contribution in [0.3, 0.4) is 0 Å². The standard InChI is InChI=1S/C6H14N2.C4H7NO4/c7-5-3-1-2-4-6(5)8;5-2(4(8)9)1-3(6)7/h5-6H,1-4,7-8H2;2H,1,5H2,(H,6,7)(H,8,9)/t5-,6-;2-/m01/s1. The Bertz CT molecular complexity index is 250. The van der Waals surface area contributed by atoms with Crippen LogP contribution in [0.4, 0.5) is 0 Å². The Hall–Kier alpha value is -1.18. The maximum atomic E-state index is 9.85. The van der Waals surface area contributed by atoms with Crippen molar-refractivity contribution in [2.24, 2.45) is 17.2 Å². The second-order valence-corrected chi connectivity index (χ2v) is 4.15. The zero-order valence-electron chi connectivity index (χ0n) is 9.71. The molecule has 1 aliphatic carbocycles. The highest BCUT2D eigenvalue weighted by molar-refractivity contribution is 5.80. The lowest BCUT2D eigenvalue weighted by Gasteiger charge is -2.24. The minimum absolute atomic E-state index is 0.281. The van der Waals surface area contributed by atoms with Gasteiger partial charge in [0.05, 0.1) is 6.42 Å². The third kappa shape index (κ3) is 7.67. The monoisotopic (exact) mass is 247 g/mol. The fraction of sp³-hybridized carbons (Fsp3) is 0.800. The zero-order valence-corrected chi connectivity index (χ0v) is 9.71. The van der Waals surface area contributed by atoms with Gasteiger partial charge in [-0.2, -0.15) is 0 Å². The molecule has 0 spiro atoms. The Morgan fingerprint density at radius 2 is 1.53 bits per heavy atom. The van der Waals surface area contributed by atoms with Crippen LogP contribution in [0.25, 0.3) is 0 Å². The Morgan fingerprint density at radius 3 is 1.71 bits per heavy atom. The summed E-state index contributed by atoms with van der Waals surface area (Å²) in [6, 6.07) is -0.727. The van der Waals surface area contributed by atoms with Crippen molar-refractivity contribution < 1.29 is 19.8 Å². The van der Waals surface area contributed by atoms with Gasteiger partial charge in [0.2, 0.25) is 0 Å². The van der Waals surface area contributed by atoms with Gasteiger partial charge in [-0.15, -0.1) is 0 Å². The smallest absolute Gasteiger partial charge is 0.321 e. The van der Waals surface area contributed by atoms with E-state index in [4.69, 9.17) is 27.4 Å². The molecule has 0 unspecified atom stereocenters. The maximum Gasteiger partial charge on any atom is 0.321 e. The fourth-order valence-corrected chi connectivity index (χ4v) is 1.46. The Kier molecular flexibility index (Phi) is 7.44. The van der Waals surface area contributed by atoms with E-state index in [0.717, 1.165) is 12.8 Å². The van der Waals surface area contributed by atoms with Crippen molar-refractivity contribution in [1.82, 2.24) is 0 Å². The van der Waals surface area contributed by atoms with Gasteiger partial charge >= 0.3 is 11.9 Å². The third-order valence-corrected chi connectivity index (χ3v) is 2.59. The van der Waals surface area contributed by atoms with E-state index < -0.39 is 24.4 Å². The van der Waals surface area contributed by atoms with E-state index in [1.807, 2.05) is 0 Å². The molecule has 0 aliphatic heterocycles. The highest BCUT2D eigenvalue weighted by atomic mass is 16.4. The van der Waals surface area contributed by atoms with Gasteiger partial charge in [-0.3, -0.25) is 9.59 Å². The van der Waals surface area contributed by atoms with Crippen LogP contribution in [0.15, 0.2) is 0 Å². The van der Waals surface area contributed by atoms with Crippen LogP contribution >= 0.6 is 0 Å². The molecule has 0 aromatic rings. The summed E-state index contributed by atoms with van der Waals surface area (Å²) in [5.74, 6) is -2.50. The molecular formula is C10H21N3O4. The van der Waals surface area contributed by atoms with Crippen molar-refractivity contribution in [2.75, 3.05) is 0 Å². The van der Waals surface area contributed by atoms with Gasteiger partial charge in [-0.05, 0) is 12.8 Å². The van der Waals surface area contributed by atoms with Crippen molar-refractivity contribution in [1.29, 1.82) is 0 Å². The molecule has 0 aromatic carbocycles. The van der Waals surface area contributed by atoms with Gasteiger partial charge in [0, 0.05) is 12.1 Å². The average Bonchev–Trinajstić information content (AvgIpc) is 2.22. The molecule has 0 amide bonds. The van der Waals surface area contributed by atoms with E-state index in [2.05, 4.69) is 0 Å². The summed E-state index contributed by atoms with van der Waals surface area (Å²) in [5, 5.41) is 16.0. The van der Waals surface area contributed by atoms with E-state index in [0.29, 0.717) is 0 Å². The van der Waals surface area contributed by atoms with Crippen LogP contribution in [0, 0.1) is 0 Å². The summed E-state index contributed by atoms with van der Waals surface area (Å²) in [5.41, 5.74) is 16.1. The van der Waals surface area contributed by atoms with Gasteiger partial charge in [-0.1, -0.05) is 12.8 Å². The first-order valence-electron chi connectivity index (χ1n) is 5.56. The minimum Gasteiger partial charge on any atom is -0.481 e. The SMILES string of the molecule is N[C@H](CC(=O)O)C(=O)O.N[C@H]1CCCC[C@@H]1N. The number of nitrogens with two attached hydrogens (primary N) is 3. The fourth-order valence-electron chi connectivity index (χ4n) is 1.46. The van der Waals surface area contributed by atoms with Gasteiger partial charge < -0.3 is 27.4 Å². The molecule has 0 radical (unpaired) electrons. The number of aliphatic carboxylic acids is 2. The predicted molar refractivity (Wildman–Crippen MR) is 62.3 cm³/mol. The number of hydrogen-bond acceptors (Lipinski definition) is 5. The Morgan fingerprint density at radius 1 is 1.12 bits per heavy atom. The lowest BCUT2D eigenvalue weighted by atomic mass is 9.92. The number of carboxylic acid groups (broad SMARTS) is 2. The average molecular weight is 247 g/mol. The molecule has 0 saturated heterocycles. The second-order valence-electron chi connectivity index (χ2n) is 4.15. The van der Waals surface area contributed by atoms with E-state index >= 15 is 0 Å². The number of rotatable bonds is 3. The van der Waals surface area contributed by atoms with Crippen molar-refractivity contribution in [3.63, 3.8) is 0 Å². The number of carboxylic acids is 2. The number of hydrogen-bond donors (Lipinski definition) is 5. The molecule has 1 rings (SSSR count). The van der Waals surface area contributed by atoms with Gasteiger partial charge in [0.25, 0.3) is 0 Å². The summed E-state index contributed by atoms with van der Waals surface area (Å²) in [6.07, 6.45) is 4.27. The molecule has 1 saturated carbocycles. The van der Waals surface area contributed by atoms with Crippen LogP contribution in [0.5, 0.6) is 0 Å². The Labute approximate surface area is 100.0 Å². The summed E-state index contributed by atoms with van der Waals surface area (Å²) >= 11 is 0. The predicted octanol–water partition coefficient (Wildman–Crippen LogP) is -0.912. The highest BCUT2D eigenvalue weighted by Gasteiger charge is 2.16. The first-order chi connectivity index (χ1) is 7.84. The molecule has 0 bridgehead atoms. The normalized spacial score (nSPS) is 25.4. The van der Waals surface area contributed by atoms with Gasteiger partial charge in [0.15, 0.2) is 0 Å². The second kappa shape index (κ2) is 7.99. The van der Waals surface area contributed by atoms with Crippen LogP contribution in [0.2, 0.25) is 0 Å². The van der Waals surface area contributed by atoms with Crippen molar-refractivity contribution in [3.05, 3.63) is 0 Å². The minimum atomic E-state index is -1.29. The molecule has 100 valence electrons. The summed E-state index contributed by atoms with van der Waals surface area (Å²) in [4.78, 5) is 19.6. The van der Waals surface area contributed by atoms with E-state index in [1.54, 1.807) is 0 Å². The summed E-state index contributed by atoms with van der Waals surface area (Å²) in [6.45, 7) is 0. The summed E-state index contributed by atoms with van der Waals surface area (Å²) < 4.78 is 0. The van der Waals surface area contributed by atoms with Gasteiger partial charge in [-0.25, -0.2) is 0 Å². The molecule has 0 aromatic heterocycles. The van der Waals surface area contributed by atoms with Crippen molar-refractivity contribution in [2.45, 2.75) is 50.2 Å². The van der Waals surface area contributed by atoms with Crippen LogP contribution in [0.1, 0.15) is 32.1 Å². The van der Waals surface area contributed by atoms with Crippen molar-refractivity contribution in [3.8, 4) is 0 Å². The quantitative estimate of drug-likeness (QED) is 0.432. The van der Waals surface area contributed by atoms with E-state index in [9.17, 15) is 9.59 Å². The summed E-state index contributed by atoms with van der Waals surface area (Å²) in [7, 11) is 0. The third-order valence-electron chi connectivity index (χ3n) is 2.59. The van der Waals surface area contributed by atoms with Crippen LogP contribution in [-0.2, 0) is 9.59 Å². The lowest BCUT2D eigenvalue weighted by molar-refractivity contribution is -0.144. The molecule has 17 heavy (non-hydrogen) atoms. The first kappa shape index (κ1) is 15.8. The lowest BCUT2D eigenvalue weighted by Crippen LogP contribution is -2.43. The number of carbonyl (C=O) groups is 2. The first-order valence-corrected chi connectivity index (χ1v) is 5.56. The largest absolute Gasteiger partial charge is 0.481 e. The zero-order chi connectivity index (χ0) is 13.4. The van der Waals surface area contributed by atoms with E-state index in [1.165, 1.54) is 12.8 Å². The van der Waals surface area contributed by atoms with Gasteiger partial charge in [0.1, 0.15) is 6.04 Å². The van der Waals surface area contributed by atoms with Crippen LogP contribution < -0.4 is 17.2 Å². The van der Waals surface area contributed by atoms with Crippen LogP contribution in [-0.4, -0.2) is 40.3 Å².